The highest BCUT2D eigenvalue weighted by molar-refractivity contribution is 5.97. The van der Waals surface area contributed by atoms with E-state index in [2.05, 4.69) is 0 Å². The Labute approximate surface area is 119 Å². The average Bonchev–Trinajstić information content (AvgIpc) is 2.46. The Bertz CT molecular complexity index is 480. The summed E-state index contributed by atoms with van der Waals surface area (Å²) in [6, 6.07) is 5.09. The molecule has 110 valence electrons. The third-order valence-electron chi connectivity index (χ3n) is 3.96. The molecule has 0 saturated carbocycles. The third-order valence-corrected chi connectivity index (χ3v) is 3.96. The van der Waals surface area contributed by atoms with E-state index in [1.165, 1.54) is 0 Å². The van der Waals surface area contributed by atoms with E-state index in [1.807, 2.05) is 6.92 Å². The second kappa shape index (κ2) is 6.13. The van der Waals surface area contributed by atoms with Crippen LogP contribution in [0.4, 0.5) is 5.69 Å². The number of nitrogen functional groups attached to an aromatic ring is 1. The number of hydrogen-bond donors (Lipinski definition) is 2. The van der Waals surface area contributed by atoms with Crippen LogP contribution in [0.3, 0.4) is 0 Å². The van der Waals surface area contributed by atoms with Gasteiger partial charge in [0.05, 0.1) is 18.8 Å². The van der Waals surface area contributed by atoms with Crippen molar-refractivity contribution in [2.75, 3.05) is 25.9 Å². The molecular weight excluding hydrogens is 256 g/mol. The number of carbonyl (C=O) groups is 1. The zero-order chi connectivity index (χ0) is 14.7. The van der Waals surface area contributed by atoms with Crippen LogP contribution in [0.15, 0.2) is 18.2 Å². The van der Waals surface area contributed by atoms with Crippen molar-refractivity contribution in [2.24, 2.45) is 5.92 Å². The van der Waals surface area contributed by atoms with Crippen molar-refractivity contribution in [3.63, 3.8) is 0 Å². The monoisotopic (exact) mass is 278 g/mol. The maximum Gasteiger partial charge on any atom is 0.257 e. The molecule has 0 aliphatic carbocycles. The molecule has 0 aromatic heterocycles. The van der Waals surface area contributed by atoms with Crippen molar-refractivity contribution >= 4 is 11.6 Å². The fraction of sp³-hybridized carbons (Fsp3) is 0.533. The van der Waals surface area contributed by atoms with Gasteiger partial charge in [-0.1, -0.05) is 0 Å². The van der Waals surface area contributed by atoms with Crippen molar-refractivity contribution in [2.45, 2.75) is 25.9 Å². The van der Waals surface area contributed by atoms with Crippen LogP contribution in [0.5, 0.6) is 5.75 Å². The molecule has 1 atom stereocenters. The van der Waals surface area contributed by atoms with Gasteiger partial charge in [0, 0.05) is 18.8 Å². The molecule has 3 N–H and O–H groups in total. The van der Waals surface area contributed by atoms with Gasteiger partial charge in [0.15, 0.2) is 0 Å². The van der Waals surface area contributed by atoms with Crippen LogP contribution in [0.25, 0.3) is 0 Å². The molecule has 1 saturated heterocycles. The van der Waals surface area contributed by atoms with Crippen LogP contribution in [-0.2, 0) is 0 Å². The van der Waals surface area contributed by atoms with Crippen LogP contribution in [0.2, 0.25) is 0 Å². The van der Waals surface area contributed by atoms with Gasteiger partial charge in [0.25, 0.3) is 5.91 Å². The predicted molar refractivity (Wildman–Crippen MR) is 77.7 cm³/mol. The molecule has 1 amide bonds. The summed E-state index contributed by atoms with van der Waals surface area (Å²) in [4.78, 5) is 14.3. The fourth-order valence-corrected chi connectivity index (χ4v) is 2.65. The Hall–Kier alpha value is -1.75. The number of ether oxygens (including phenoxy) is 1. The first-order chi connectivity index (χ1) is 9.52. The van der Waals surface area contributed by atoms with Gasteiger partial charge in [-0.05, 0) is 43.9 Å². The summed E-state index contributed by atoms with van der Waals surface area (Å²) < 4.78 is 5.23. The Morgan fingerprint density at radius 2 is 2.10 bits per heavy atom. The smallest absolute Gasteiger partial charge is 0.257 e. The Balaban J connectivity index is 2.11. The number of anilines is 1. The lowest BCUT2D eigenvalue weighted by Crippen LogP contribution is -2.40. The minimum absolute atomic E-state index is 0.0572. The number of hydrogen-bond acceptors (Lipinski definition) is 4. The standard InChI is InChI=1S/C15H22N2O3/c1-10(18)11-5-7-17(8-6-11)15(19)13-9-12(16)3-4-14(13)20-2/h3-4,9-11,18H,5-8,16H2,1-2H3. The molecular formula is C15H22N2O3. The van der Waals surface area contributed by atoms with Crippen molar-refractivity contribution in [3.8, 4) is 5.75 Å². The van der Waals surface area contributed by atoms with Gasteiger partial charge in [0.2, 0.25) is 0 Å². The summed E-state index contributed by atoms with van der Waals surface area (Å²) in [5, 5.41) is 9.60. The molecule has 1 unspecified atom stereocenters. The molecule has 1 aromatic carbocycles. The SMILES string of the molecule is COc1ccc(N)cc1C(=O)N1CCC(C(C)O)CC1. The number of carbonyl (C=O) groups excluding carboxylic acids is 1. The van der Waals surface area contributed by atoms with Gasteiger partial charge >= 0.3 is 0 Å². The minimum atomic E-state index is -0.311. The van der Waals surface area contributed by atoms with E-state index in [4.69, 9.17) is 10.5 Å². The Morgan fingerprint density at radius 1 is 1.45 bits per heavy atom. The van der Waals surface area contributed by atoms with Gasteiger partial charge in [-0.15, -0.1) is 0 Å². The van der Waals surface area contributed by atoms with E-state index < -0.39 is 0 Å². The van der Waals surface area contributed by atoms with Crippen molar-refractivity contribution < 1.29 is 14.6 Å². The number of amides is 1. The lowest BCUT2D eigenvalue weighted by Gasteiger charge is -2.33. The lowest BCUT2D eigenvalue weighted by atomic mass is 9.92. The first-order valence-electron chi connectivity index (χ1n) is 6.93. The maximum atomic E-state index is 12.5. The molecule has 0 radical (unpaired) electrons. The van der Waals surface area contributed by atoms with Crippen LogP contribution in [-0.4, -0.2) is 42.2 Å². The second-order valence-corrected chi connectivity index (χ2v) is 5.33. The largest absolute Gasteiger partial charge is 0.496 e. The zero-order valence-corrected chi connectivity index (χ0v) is 12.0. The molecule has 20 heavy (non-hydrogen) atoms. The fourth-order valence-electron chi connectivity index (χ4n) is 2.65. The normalized spacial score (nSPS) is 17.9. The van der Waals surface area contributed by atoms with Crippen LogP contribution < -0.4 is 10.5 Å². The number of methoxy groups -OCH3 is 1. The zero-order valence-electron chi connectivity index (χ0n) is 12.0. The minimum Gasteiger partial charge on any atom is -0.496 e. The molecule has 0 spiro atoms. The number of nitrogens with zero attached hydrogens (tertiary/aromatic N) is 1. The highest BCUT2D eigenvalue weighted by atomic mass is 16.5. The van der Waals surface area contributed by atoms with Crippen LogP contribution >= 0.6 is 0 Å². The van der Waals surface area contributed by atoms with Crippen molar-refractivity contribution in [3.05, 3.63) is 23.8 Å². The molecule has 2 rings (SSSR count). The maximum absolute atomic E-state index is 12.5. The summed E-state index contributed by atoms with van der Waals surface area (Å²) in [6.45, 7) is 3.13. The number of aliphatic hydroxyl groups is 1. The van der Waals surface area contributed by atoms with Gasteiger partial charge in [0.1, 0.15) is 5.75 Å². The number of benzene rings is 1. The summed E-state index contributed by atoms with van der Waals surface area (Å²) in [6.07, 6.45) is 1.34. The molecule has 1 aliphatic rings. The van der Waals surface area contributed by atoms with Gasteiger partial charge in [-0.25, -0.2) is 0 Å². The highest BCUT2D eigenvalue weighted by Crippen LogP contribution is 2.26. The van der Waals surface area contributed by atoms with Crippen LogP contribution in [0, 0.1) is 5.92 Å². The van der Waals surface area contributed by atoms with E-state index in [1.54, 1.807) is 30.2 Å². The molecule has 1 aromatic rings. The topological polar surface area (TPSA) is 75.8 Å². The number of rotatable bonds is 3. The van der Waals surface area contributed by atoms with E-state index in [-0.39, 0.29) is 17.9 Å². The molecule has 1 aliphatic heterocycles. The van der Waals surface area contributed by atoms with E-state index >= 15 is 0 Å². The average molecular weight is 278 g/mol. The number of likely N-dealkylation sites (tertiary alicyclic amines) is 1. The Kier molecular flexibility index (Phi) is 4.49. The molecule has 5 nitrogen and oxygen atoms in total. The molecule has 0 bridgehead atoms. The first kappa shape index (κ1) is 14.7. The molecule has 1 heterocycles. The third kappa shape index (κ3) is 3.04. The first-order valence-corrected chi connectivity index (χ1v) is 6.93. The molecule has 1 fully saturated rings. The van der Waals surface area contributed by atoms with Gasteiger partial charge < -0.3 is 20.5 Å². The number of aliphatic hydroxyl groups excluding tert-OH is 1. The number of piperidine rings is 1. The summed E-state index contributed by atoms with van der Waals surface area (Å²) in [5.41, 5.74) is 6.80. The van der Waals surface area contributed by atoms with Gasteiger partial charge in [-0.3, -0.25) is 4.79 Å². The van der Waals surface area contributed by atoms with Crippen molar-refractivity contribution in [1.29, 1.82) is 0 Å². The van der Waals surface area contributed by atoms with E-state index in [0.29, 0.717) is 30.1 Å². The lowest BCUT2D eigenvalue weighted by molar-refractivity contribution is 0.0519. The quantitative estimate of drug-likeness (QED) is 0.822. The predicted octanol–water partition coefficient (Wildman–Crippen LogP) is 1.51. The second-order valence-electron chi connectivity index (χ2n) is 5.33. The summed E-state index contributed by atoms with van der Waals surface area (Å²) in [7, 11) is 1.54. The number of nitrogens with two attached hydrogens (primary N) is 1. The van der Waals surface area contributed by atoms with E-state index in [0.717, 1.165) is 12.8 Å². The van der Waals surface area contributed by atoms with E-state index in [9.17, 15) is 9.90 Å². The Morgan fingerprint density at radius 3 is 2.65 bits per heavy atom. The molecule has 5 heteroatoms. The summed E-state index contributed by atoms with van der Waals surface area (Å²) in [5.74, 6) is 0.766. The summed E-state index contributed by atoms with van der Waals surface area (Å²) >= 11 is 0. The van der Waals surface area contributed by atoms with Gasteiger partial charge in [-0.2, -0.15) is 0 Å². The van der Waals surface area contributed by atoms with Crippen LogP contribution in [0.1, 0.15) is 30.1 Å². The van der Waals surface area contributed by atoms with Crippen molar-refractivity contribution in [1.82, 2.24) is 4.90 Å². The highest BCUT2D eigenvalue weighted by Gasteiger charge is 2.27.